The van der Waals surface area contributed by atoms with Gasteiger partial charge in [0, 0.05) is 43.1 Å². The molecule has 4 rings (SSSR count). The van der Waals surface area contributed by atoms with Gasteiger partial charge in [-0.25, -0.2) is 0 Å². The highest BCUT2D eigenvalue weighted by Gasteiger charge is 2.41. The summed E-state index contributed by atoms with van der Waals surface area (Å²) in [6.45, 7) is 10.6. The number of aryl methyl sites for hydroxylation is 1. The second-order valence-electron chi connectivity index (χ2n) is 8.44. The lowest BCUT2D eigenvalue weighted by atomic mass is 9.96. The molecule has 1 aliphatic heterocycles. The Bertz CT molecular complexity index is 1010. The van der Waals surface area contributed by atoms with Gasteiger partial charge in [0.05, 0.1) is 17.8 Å². The fourth-order valence-corrected chi connectivity index (χ4v) is 4.69. The van der Waals surface area contributed by atoms with Crippen molar-refractivity contribution in [2.45, 2.75) is 46.3 Å². The summed E-state index contributed by atoms with van der Waals surface area (Å²) in [6, 6.07) is 12.7. The molecule has 0 aliphatic carbocycles. The summed E-state index contributed by atoms with van der Waals surface area (Å²) in [4.78, 5) is 11.1. The number of pyridine rings is 2. The summed E-state index contributed by atoms with van der Waals surface area (Å²) in [5.41, 5.74) is 6.11. The Morgan fingerprint density at radius 1 is 1.10 bits per heavy atom. The van der Waals surface area contributed by atoms with E-state index in [1.807, 2.05) is 30.7 Å². The van der Waals surface area contributed by atoms with Gasteiger partial charge in [0.25, 0.3) is 0 Å². The highest BCUT2D eigenvalue weighted by Crippen LogP contribution is 2.41. The zero-order chi connectivity index (χ0) is 21.3. The minimum Gasteiger partial charge on any atom is -0.352 e. The number of aromatic nitrogens is 3. The number of hydrogen-bond acceptors (Lipinski definition) is 3. The van der Waals surface area contributed by atoms with Gasteiger partial charge in [-0.2, -0.15) is 0 Å². The summed E-state index contributed by atoms with van der Waals surface area (Å²) >= 11 is 5.77. The van der Waals surface area contributed by atoms with Gasteiger partial charge in [-0.15, -0.1) is 0 Å². The van der Waals surface area contributed by atoms with E-state index in [1.165, 1.54) is 22.5 Å². The number of thiocarbonyl (C=S) groups is 1. The standard InChI is InChI=1S/C24H29N5S/c1-16(2)14-29-23(22(27-24(29)30)21-7-5-6-10-26-21)20-13-17(3)28(18(20)4)15-19-8-11-25-12-9-19/h5-13,16,22-23H,14-15H2,1-4H3,(H,27,30). The van der Waals surface area contributed by atoms with Crippen molar-refractivity contribution in [3.05, 3.63) is 83.2 Å². The van der Waals surface area contributed by atoms with Crippen molar-refractivity contribution < 1.29 is 0 Å². The molecule has 3 aromatic heterocycles. The van der Waals surface area contributed by atoms with E-state index >= 15 is 0 Å². The predicted octanol–water partition coefficient (Wildman–Crippen LogP) is 4.57. The first-order chi connectivity index (χ1) is 14.5. The van der Waals surface area contributed by atoms with Gasteiger partial charge >= 0.3 is 0 Å². The largest absolute Gasteiger partial charge is 0.352 e. The molecule has 156 valence electrons. The molecule has 1 fully saturated rings. The lowest BCUT2D eigenvalue weighted by molar-refractivity contribution is 0.286. The Morgan fingerprint density at radius 2 is 1.87 bits per heavy atom. The lowest BCUT2D eigenvalue weighted by Crippen LogP contribution is -2.33. The average molecular weight is 420 g/mol. The van der Waals surface area contributed by atoms with Crippen LogP contribution in [0.25, 0.3) is 0 Å². The maximum Gasteiger partial charge on any atom is 0.170 e. The van der Waals surface area contributed by atoms with Gasteiger partial charge in [-0.1, -0.05) is 19.9 Å². The van der Waals surface area contributed by atoms with Crippen LogP contribution in [0.4, 0.5) is 0 Å². The quantitative estimate of drug-likeness (QED) is 0.593. The van der Waals surface area contributed by atoms with E-state index in [-0.39, 0.29) is 12.1 Å². The van der Waals surface area contributed by atoms with Crippen LogP contribution < -0.4 is 5.32 Å². The Hall–Kier alpha value is -2.73. The Kier molecular flexibility index (Phi) is 5.86. The maximum absolute atomic E-state index is 5.77. The zero-order valence-corrected chi connectivity index (χ0v) is 18.9. The van der Waals surface area contributed by atoms with Crippen LogP contribution >= 0.6 is 12.2 Å². The highest BCUT2D eigenvalue weighted by atomic mass is 32.1. The average Bonchev–Trinajstić information content (AvgIpc) is 3.20. The van der Waals surface area contributed by atoms with Gasteiger partial charge in [-0.3, -0.25) is 9.97 Å². The number of rotatable bonds is 6. The normalized spacial score (nSPS) is 18.8. The van der Waals surface area contributed by atoms with Gasteiger partial charge in [0.15, 0.2) is 5.11 Å². The summed E-state index contributed by atoms with van der Waals surface area (Å²) in [5.74, 6) is 0.509. The van der Waals surface area contributed by atoms with Crippen LogP contribution in [-0.2, 0) is 6.54 Å². The molecule has 1 N–H and O–H groups in total. The van der Waals surface area contributed by atoms with Gasteiger partial charge in [0.1, 0.15) is 0 Å². The Balaban J connectivity index is 1.76. The first-order valence-corrected chi connectivity index (χ1v) is 10.9. The van der Waals surface area contributed by atoms with E-state index in [2.05, 4.69) is 76.7 Å². The van der Waals surface area contributed by atoms with Crippen LogP contribution in [0.3, 0.4) is 0 Å². The van der Waals surface area contributed by atoms with Crippen molar-refractivity contribution in [1.29, 1.82) is 0 Å². The molecule has 1 aliphatic rings. The third-order valence-corrected chi connectivity index (χ3v) is 6.13. The van der Waals surface area contributed by atoms with Crippen LogP contribution in [0.15, 0.2) is 55.0 Å². The monoisotopic (exact) mass is 419 g/mol. The Labute approximate surface area is 184 Å². The molecule has 2 atom stereocenters. The molecule has 30 heavy (non-hydrogen) atoms. The molecule has 0 bridgehead atoms. The van der Waals surface area contributed by atoms with E-state index in [9.17, 15) is 0 Å². The molecule has 0 aromatic carbocycles. The molecular formula is C24H29N5S. The van der Waals surface area contributed by atoms with E-state index < -0.39 is 0 Å². The maximum atomic E-state index is 5.77. The molecule has 5 nitrogen and oxygen atoms in total. The fraction of sp³-hybridized carbons (Fsp3) is 0.375. The van der Waals surface area contributed by atoms with Crippen LogP contribution in [0.1, 0.15) is 54.1 Å². The second kappa shape index (κ2) is 8.56. The summed E-state index contributed by atoms with van der Waals surface area (Å²) in [7, 11) is 0. The molecule has 4 heterocycles. The molecule has 6 heteroatoms. The predicted molar refractivity (Wildman–Crippen MR) is 124 cm³/mol. The van der Waals surface area contributed by atoms with Crippen molar-refractivity contribution in [2.75, 3.05) is 6.54 Å². The van der Waals surface area contributed by atoms with Crippen LogP contribution in [0, 0.1) is 19.8 Å². The number of nitrogens with zero attached hydrogens (tertiary/aromatic N) is 4. The third-order valence-electron chi connectivity index (χ3n) is 5.78. The highest BCUT2D eigenvalue weighted by molar-refractivity contribution is 7.80. The first kappa shape index (κ1) is 20.5. The molecular weight excluding hydrogens is 390 g/mol. The second-order valence-corrected chi connectivity index (χ2v) is 8.83. The number of hydrogen-bond donors (Lipinski definition) is 1. The fourth-order valence-electron chi connectivity index (χ4n) is 4.38. The minimum atomic E-state index is 0.0346. The molecule has 0 radical (unpaired) electrons. The molecule has 1 saturated heterocycles. The smallest absolute Gasteiger partial charge is 0.170 e. The lowest BCUT2D eigenvalue weighted by Gasteiger charge is -2.29. The molecule has 0 saturated carbocycles. The molecule has 2 unspecified atom stereocenters. The van der Waals surface area contributed by atoms with Gasteiger partial charge < -0.3 is 14.8 Å². The summed E-state index contributed by atoms with van der Waals surface area (Å²) < 4.78 is 2.38. The number of nitrogens with one attached hydrogen (secondary N) is 1. The van der Waals surface area contributed by atoms with Crippen molar-refractivity contribution >= 4 is 17.3 Å². The first-order valence-electron chi connectivity index (χ1n) is 10.5. The van der Waals surface area contributed by atoms with E-state index in [0.29, 0.717) is 5.92 Å². The van der Waals surface area contributed by atoms with Crippen LogP contribution in [0.2, 0.25) is 0 Å². The minimum absolute atomic E-state index is 0.0346. The Morgan fingerprint density at radius 3 is 2.53 bits per heavy atom. The summed E-state index contributed by atoms with van der Waals surface area (Å²) in [5, 5.41) is 4.37. The van der Waals surface area contributed by atoms with Crippen molar-refractivity contribution in [3.8, 4) is 0 Å². The topological polar surface area (TPSA) is 46.0 Å². The molecule has 0 spiro atoms. The molecule has 0 amide bonds. The summed E-state index contributed by atoms with van der Waals surface area (Å²) in [6.07, 6.45) is 5.56. The van der Waals surface area contributed by atoms with E-state index in [1.54, 1.807) is 0 Å². The van der Waals surface area contributed by atoms with Gasteiger partial charge in [-0.05, 0) is 73.4 Å². The molecule has 3 aromatic rings. The third kappa shape index (κ3) is 3.97. The zero-order valence-electron chi connectivity index (χ0n) is 18.0. The van der Waals surface area contributed by atoms with Crippen molar-refractivity contribution in [1.82, 2.24) is 24.8 Å². The van der Waals surface area contributed by atoms with Crippen LogP contribution in [0.5, 0.6) is 0 Å². The van der Waals surface area contributed by atoms with Crippen molar-refractivity contribution in [3.63, 3.8) is 0 Å². The SMILES string of the molecule is Cc1cc(C2C(c3ccccn3)NC(=S)N2CC(C)C)c(C)n1Cc1ccncc1. The van der Waals surface area contributed by atoms with Crippen LogP contribution in [-0.4, -0.2) is 31.1 Å². The van der Waals surface area contributed by atoms with Crippen molar-refractivity contribution in [2.24, 2.45) is 5.92 Å². The van der Waals surface area contributed by atoms with E-state index in [0.717, 1.165) is 23.9 Å². The van der Waals surface area contributed by atoms with Gasteiger partial charge in [0.2, 0.25) is 0 Å². The van der Waals surface area contributed by atoms with E-state index in [4.69, 9.17) is 12.2 Å².